The lowest BCUT2D eigenvalue weighted by Gasteiger charge is -2.14. The molecule has 0 saturated carbocycles. The van der Waals surface area contributed by atoms with Crippen molar-refractivity contribution in [2.75, 3.05) is 14.2 Å². The first-order valence-electron chi connectivity index (χ1n) is 6.40. The number of rotatable bonds is 3. The van der Waals surface area contributed by atoms with Crippen LogP contribution in [0.4, 0.5) is 0 Å². The van der Waals surface area contributed by atoms with Crippen LogP contribution in [0.25, 0.3) is 16.9 Å². The van der Waals surface area contributed by atoms with Gasteiger partial charge in [0.25, 0.3) is 0 Å². The molecule has 0 bridgehead atoms. The molecule has 0 amide bonds. The van der Waals surface area contributed by atoms with Crippen LogP contribution < -0.4 is 9.47 Å². The van der Waals surface area contributed by atoms with Gasteiger partial charge in [-0.2, -0.15) is 0 Å². The van der Waals surface area contributed by atoms with E-state index in [-0.39, 0.29) is 0 Å². The number of aromatic nitrogens is 2. The number of methoxy groups -OCH3 is 2. The molecule has 102 valence electrons. The summed E-state index contributed by atoms with van der Waals surface area (Å²) in [6.07, 6.45) is 2.01. The summed E-state index contributed by atoms with van der Waals surface area (Å²) in [5, 5.41) is 0. The number of imidazole rings is 1. The average molecular weight is 268 g/mol. The minimum absolute atomic E-state index is 0.781. The molecule has 20 heavy (non-hydrogen) atoms. The highest BCUT2D eigenvalue weighted by Crippen LogP contribution is 2.38. The highest BCUT2D eigenvalue weighted by atomic mass is 16.5. The Balaban J connectivity index is 2.35. The van der Waals surface area contributed by atoms with Gasteiger partial charge in [-0.1, -0.05) is 12.1 Å². The summed E-state index contributed by atoms with van der Waals surface area (Å²) in [4.78, 5) is 4.49. The SMILES string of the molecule is COc1cccc(OC)c1-c1cccc2nc(C)cn12. The Morgan fingerprint density at radius 2 is 1.60 bits per heavy atom. The molecule has 0 radical (unpaired) electrons. The van der Waals surface area contributed by atoms with Gasteiger partial charge in [-0.25, -0.2) is 4.98 Å². The van der Waals surface area contributed by atoms with Crippen molar-refractivity contribution in [2.45, 2.75) is 6.92 Å². The molecule has 1 aromatic carbocycles. The number of benzene rings is 1. The van der Waals surface area contributed by atoms with E-state index in [1.165, 1.54) is 0 Å². The second kappa shape index (κ2) is 4.89. The third-order valence-electron chi connectivity index (χ3n) is 3.30. The number of fused-ring (bicyclic) bond motifs is 1. The first-order chi connectivity index (χ1) is 9.74. The summed E-state index contributed by atoms with van der Waals surface area (Å²) >= 11 is 0. The average Bonchev–Trinajstić information content (AvgIpc) is 2.86. The van der Waals surface area contributed by atoms with E-state index < -0.39 is 0 Å². The molecule has 4 nitrogen and oxygen atoms in total. The van der Waals surface area contributed by atoms with E-state index >= 15 is 0 Å². The minimum atomic E-state index is 0.781. The molecular formula is C16H16N2O2. The van der Waals surface area contributed by atoms with Crippen LogP contribution in [0.1, 0.15) is 5.69 Å². The van der Waals surface area contributed by atoms with Gasteiger partial charge in [0.15, 0.2) is 0 Å². The van der Waals surface area contributed by atoms with Gasteiger partial charge < -0.3 is 9.47 Å². The van der Waals surface area contributed by atoms with Gasteiger partial charge in [0.1, 0.15) is 17.1 Å². The highest BCUT2D eigenvalue weighted by molar-refractivity contribution is 5.76. The standard InChI is InChI=1S/C16H16N2O2/c1-11-10-18-12(6-4-9-15(18)17-11)16-13(19-2)7-5-8-14(16)20-3/h4-10H,1-3H3. The third kappa shape index (κ3) is 1.90. The van der Waals surface area contributed by atoms with Crippen LogP contribution in [0.15, 0.2) is 42.6 Å². The second-order valence-corrected chi connectivity index (χ2v) is 4.56. The predicted octanol–water partition coefficient (Wildman–Crippen LogP) is 3.33. The van der Waals surface area contributed by atoms with Gasteiger partial charge in [-0.15, -0.1) is 0 Å². The van der Waals surface area contributed by atoms with Crippen molar-refractivity contribution >= 4 is 5.65 Å². The first-order valence-corrected chi connectivity index (χ1v) is 6.40. The van der Waals surface area contributed by atoms with Gasteiger partial charge >= 0.3 is 0 Å². The predicted molar refractivity (Wildman–Crippen MR) is 78.5 cm³/mol. The van der Waals surface area contributed by atoms with E-state index in [1.807, 2.05) is 49.5 Å². The van der Waals surface area contributed by atoms with E-state index in [0.717, 1.165) is 34.1 Å². The van der Waals surface area contributed by atoms with Gasteiger partial charge in [-0.05, 0) is 31.2 Å². The molecule has 0 aliphatic rings. The number of nitrogens with zero attached hydrogens (tertiary/aromatic N) is 2. The Morgan fingerprint density at radius 1 is 0.950 bits per heavy atom. The van der Waals surface area contributed by atoms with E-state index in [2.05, 4.69) is 9.38 Å². The molecule has 0 aliphatic heterocycles. The fraction of sp³-hybridized carbons (Fsp3) is 0.188. The largest absolute Gasteiger partial charge is 0.496 e. The fourth-order valence-electron chi connectivity index (χ4n) is 2.44. The molecule has 0 aliphatic carbocycles. The molecule has 0 fully saturated rings. The Labute approximate surface area is 117 Å². The minimum Gasteiger partial charge on any atom is -0.496 e. The molecule has 0 N–H and O–H groups in total. The summed E-state index contributed by atoms with van der Waals surface area (Å²) in [6.45, 7) is 1.98. The zero-order chi connectivity index (χ0) is 14.1. The Hall–Kier alpha value is -2.49. The number of pyridine rings is 1. The fourth-order valence-corrected chi connectivity index (χ4v) is 2.44. The summed E-state index contributed by atoms with van der Waals surface area (Å²) in [5.41, 5.74) is 3.82. The summed E-state index contributed by atoms with van der Waals surface area (Å²) < 4.78 is 13.0. The zero-order valence-corrected chi connectivity index (χ0v) is 11.8. The Morgan fingerprint density at radius 3 is 2.25 bits per heavy atom. The number of aryl methyl sites for hydroxylation is 1. The monoisotopic (exact) mass is 268 g/mol. The van der Waals surface area contributed by atoms with Crippen molar-refractivity contribution in [3.63, 3.8) is 0 Å². The van der Waals surface area contributed by atoms with E-state index in [0.29, 0.717) is 0 Å². The maximum absolute atomic E-state index is 5.48. The van der Waals surface area contributed by atoms with Gasteiger partial charge in [0, 0.05) is 6.20 Å². The Kier molecular flexibility index (Phi) is 3.06. The highest BCUT2D eigenvalue weighted by Gasteiger charge is 2.15. The van der Waals surface area contributed by atoms with Gasteiger partial charge in [-0.3, -0.25) is 4.40 Å². The van der Waals surface area contributed by atoms with Crippen molar-refractivity contribution in [2.24, 2.45) is 0 Å². The number of ether oxygens (including phenoxy) is 2. The van der Waals surface area contributed by atoms with Crippen molar-refractivity contribution in [3.8, 4) is 22.8 Å². The van der Waals surface area contributed by atoms with E-state index in [9.17, 15) is 0 Å². The number of hydrogen-bond donors (Lipinski definition) is 0. The topological polar surface area (TPSA) is 35.8 Å². The molecule has 3 aromatic rings. The zero-order valence-electron chi connectivity index (χ0n) is 11.8. The van der Waals surface area contributed by atoms with Crippen LogP contribution in [-0.4, -0.2) is 23.6 Å². The van der Waals surface area contributed by atoms with Crippen LogP contribution in [0.3, 0.4) is 0 Å². The molecule has 3 rings (SSSR count). The Bertz CT molecular complexity index is 740. The van der Waals surface area contributed by atoms with Crippen molar-refractivity contribution < 1.29 is 9.47 Å². The molecular weight excluding hydrogens is 252 g/mol. The normalized spacial score (nSPS) is 10.8. The lowest BCUT2D eigenvalue weighted by atomic mass is 10.1. The maximum Gasteiger partial charge on any atom is 0.137 e. The molecule has 2 heterocycles. The van der Waals surface area contributed by atoms with E-state index in [4.69, 9.17) is 9.47 Å². The molecule has 0 atom stereocenters. The quantitative estimate of drug-likeness (QED) is 0.731. The van der Waals surface area contributed by atoms with Crippen LogP contribution in [0, 0.1) is 6.92 Å². The molecule has 0 saturated heterocycles. The third-order valence-corrected chi connectivity index (χ3v) is 3.30. The van der Waals surface area contributed by atoms with Crippen LogP contribution in [0.2, 0.25) is 0 Å². The summed E-state index contributed by atoms with van der Waals surface area (Å²) in [5.74, 6) is 1.56. The smallest absolute Gasteiger partial charge is 0.137 e. The van der Waals surface area contributed by atoms with Gasteiger partial charge in [0.05, 0.1) is 31.2 Å². The van der Waals surface area contributed by atoms with Crippen molar-refractivity contribution in [3.05, 3.63) is 48.3 Å². The van der Waals surface area contributed by atoms with Crippen LogP contribution >= 0.6 is 0 Å². The van der Waals surface area contributed by atoms with Crippen LogP contribution in [-0.2, 0) is 0 Å². The second-order valence-electron chi connectivity index (χ2n) is 4.56. The lowest BCUT2D eigenvalue weighted by molar-refractivity contribution is 0.397. The molecule has 4 heteroatoms. The van der Waals surface area contributed by atoms with Crippen molar-refractivity contribution in [1.82, 2.24) is 9.38 Å². The van der Waals surface area contributed by atoms with E-state index in [1.54, 1.807) is 14.2 Å². The van der Waals surface area contributed by atoms with Crippen molar-refractivity contribution in [1.29, 1.82) is 0 Å². The molecule has 2 aromatic heterocycles. The van der Waals surface area contributed by atoms with Crippen LogP contribution in [0.5, 0.6) is 11.5 Å². The molecule has 0 unspecified atom stereocenters. The molecule has 0 spiro atoms. The first kappa shape index (κ1) is 12.5. The summed E-state index contributed by atoms with van der Waals surface area (Å²) in [7, 11) is 3.33. The summed E-state index contributed by atoms with van der Waals surface area (Å²) in [6, 6.07) is 11.8. The lowest BCUT2D eigenvalue weighted by Crippen LogP contribution is -1.97. The number of hydrogen-bond acceptors (Lipinski definition) is 3. The maximum atomic E-state index is 5.48. The van der Waals surface area contributed by atoms with Gasteiger partial charge in [0.2, 0.25) is 0 Å².